The van der Waals surface area contributed by atoms with Crippen LogP contribution in [0.3, 0.4) is 0 Å². The maximum absolute atomic E-state index is 13.5. The van der Waals surface area contributed by atoms with Gasteiger partial charge in [-0.05, 0) is 82.0 Å². The molecule has 0 bridgehead atoms. The number of fused-ring (bicyclic) bond motifs is 1. The molecule has 0 N–H and O–H groups in total. The van der Waals surface area contributed by atoms with Crippen LogP contribution < -0.4 is 28.6 Å². The van der Waals surface area contributed by atoms with Gasteiger partial charge in [-0.3, -0.25) is 0 Å². The Morgan fingerprint density at radius 2 is 1.24 bits per heavy atom. The van der Waals surface area contributed by atoms with E-state index in [9.17, 15) is 4.79 Å². The number of ether oxygens (including phenoxy) is 12. The SMILES string of the molecule is CCCCc1nc2c(N(Cc3ccc(OC)c(OC)c3)Cc3ccc(OC)cc3OC)nnc(OC(C)C)c2n1Cc1ccc(CN(CCOCCOCCOCCOCCOCCOC)C(=O)OC(C)(C)C)cc1. The van der Waals surface area contributed by atoms with E-state index in [1.165, 1.54) is 0 Å². The maximum atomic E-state index is 13.5. The highest BCUT2D eigenvalue weighted by molar-refractivity contribution is 5.90. The number of hydrogen-bond acceptors (Lipinski definition) is 17. The molecule has 0 aliphatic carbocycles. The van der Waals surface area contributed by atoms with Crippen LogP contribution in [-0.4, -0.2) is 157 Å². The van der Waals surface area contributed by atoms with Gasteiger partial charge < -0.3 is 71.2 Å². The standard InChI is InChI=1S/C56H82N6O13/c1-12-13-14-50-57-51-52(54(74-41(2)3)59-58-53(51)61(38-44-19-22-47(66-9)49(35-44)68-11)40-45-20-21-46(65-8)36-48(45)67-10)62(50)39-43-17-15-42(16-18-43)37-60(55(63)75-56(4,5)6)23-24-69-27-28-71-31-32-73-34-33-72-30-29-70-26-25-64-7/h15-22,35-36,41H,12-14,23-34,37-40H2,1-11H3. The largest absolute Gasteiger partial charge is 0.497 e. The third-order valence-corrected chi connectivity index (χ3v) is 11.6. The number of rotatable bonds is 36. The molecule has 414 valence electrons. The molecule has 5 aromatic rings. The Hall–Kier alpha value is -5.96. The quantitative estimate of drug-likeness (QED) is 0.0348. The summed E-state index contributed by atoms with van der Waals surface area (Å²) in [7, 11) is 8.17. The zero-order chi connectivity index (χ0) is 54.0. The molecular formula is C56H82N6O13. The average molecular weight is 1050 g/mol. The molecule has 19 nitrogen and oxygen atoms in total. The highest BCUT2D eigenvalue weighted by atomic mass is 16.6. The van der Waals surface area contributed by atoms with Gasteiger partial charge in [-0.25, -0.2) is 9.78 Å². The van der Waals surface area contributed by atoms with E-state index in [0.717, 1.165) is 52.9 Å². The van der Waals surface area contributed by atoms with Crippen LogP contribution >= 0.6 is 0 Å². The summed E-state index contributed by atoms with van der Waals surface area (Å²) in [4.78, 5) is 22.7. The van der Waals surface area contributed by atoms with Crippen LogP contribution in [0.4, 0.5) is 10.6 Å². The number of aromatic nitrogens is 4. The molecule has 0 spiro atoms. The van der Waals surface area contributed by atoms with E-state index in [4.69, 9.17) is 72.0 Å². The van der Waals surface area contributed by atoms with Crippen LogP contribution in [0.15, 0.2) is 60.7 Å². The summed E-state index contributed by atoms with van der Waals surface area (Å²) in [5.74, 6) is 4.47. The van der Waals surface area contributed by atoms with Gasteiger partial charge in [0.15, 0.2) is 17.3 Å². The predicted molar refractivity (Wildman–Crippen MR) is 287 cm³/mol. The van der Waals surface area contributed by atoms with Crippen LogP contribution in [0.5, 0.6) is 28.9 Å². The molecule has 0 saturated heterocycles. The lowest BCUT2D eigenvalue weighted by molar-refractivity contribution is -0.0168. The molecule has 75 heavy (non-hydrogen) atoms. The number of anilines is 1. The second-order valence-corrected chi connectivity index (χ2v) is 18.9. The Labute approximate surface area is 443 Å². The van der Waals surface area contributed by atoms with Crippen molar-refractivity contribution < 1.29 is 61.6 Å². The van der Waals surface area contributed by atoms with Crippen molar-refractivity contribution >= 4 is 22.9 Å². The second kappa shape index (κ2) is 31.8. The van der Waals surface area contributed by atoms with Gasteiger partial charge in [0.1, 0.15) is 34.0 Å². The first kappa shape index (κ1) is 59.9. The maximum Gasteiger partial charge on any atom is 0.410 e. The van der Waals surface area contributed by atoms with Gasteiger partial charge in [-0.1, -0.05) is 43.7 Å². The second-order valence-electron chi connectivity index (χ2n) is 18.9. The summed E-state index contributed by atoms with van der Waals surface area (Å²) in [6, 6.07) is 19.9. The molecule has 0 atom stereocenters. The highest BCUT2D eigenvalue weighted by Crippen LogP contribution is 2.36. The van der Waals surface area contributed by atoms with E-state index in [0.29, 0.717) is 146 Å². The average Bonchev–Trinajstić information content (AvgIpc) is 3.76. The van der Waals surface area contributed by atoms with Crippen molar-refractivity contribution in [3.8, 4) is 28.9 Å². The normalized spacial score (nSPS) is 11.6. The van der Waals surface area contributed by atoms with E-state index in [1.807, 2.05) is 83.1 Å². The van der Waals surface area contributed by atoms with E-state index < -0.39 is 11.7 Å². The van der Waals surface area contributed by atoms with Gasteiger partial charge in [0.05, 0.1) is 107 Å². The first-order chi connectivity index (χ1) is 36.3. The number of hydrogen-bond donors (Lipinski definition) is 0. The minimum atomic E-state index is -0.672. The molecule has 0 aliphatic heterocycles. The monoisotopic (exact) mass is 1050 g/mol. The van der Waals surface area contributed by atoms with E-state index in [-0.39, 0.29) is 6.10 Å². The molecule has 0 fully saturated rings. The van der Waals surface area contributed by atoms with Crippen LogP contribution in [0, 0.1) is 0 Å². The number of amides is 1. The highest BCUT2D eigenvalue weighted by Gasteiger charge is 2.27. The summed E-state index contributed by atoms with van der Waals surface area (Å²) in [6.45, 7) is 18.7. The van der Waals surface area contributed by atoms with Gasteiger partial charge in [-0.2, -0.15) is 0 Å². The summed E-state index contributed by atoms with van der Waals surface area (Å²) < 4.78 is 70.1. The first-order valence-corrected chi connectivity index (χ1v) is 25.8. The Balaban J connectivity index is 1.34. The fourth-order valence-corrected chi connectivity index (χ4v) is 7.88. The van der Waals surface area contributed by atoms with Crippen molar-refractivity contribution in [3.63, 3.8) is 0 Å². The molecule has 0 unspecified atom stereocenters. The van der Waals surface area contributed by atoms with Crippen LogP contribution in [-0.2, 0) is 65.8 Å². The fourth-order valence-electron chi connectivity index (χ4n) is 7.88. The number of benzene rings is 3. The number of unbranched alkanes of at least 4 members (excludes halogenated alkanes) is 1. The third-order valence-electron chi connectivity index (χ3n) is 11.6. The third kappa shape index (κ3) is 19.6. The van der Waals surface area contributed by atoms with Crippen LogP contribution in [0.25, 0.3) is 11.0 Å². The number of nitrogens with zero attached hydrogens (tertiary/aromatic N) is 6. The first-order valence-electron chi connectivity index (χ1n) is 25.8. The molecule has 1 amide bonds. The van der Waals surface area contributed by atoms with Crippen molar-refractivity contribution in [2.75, 3.05) is 120 Å². The lowest BCUT2D eigenvalue weighted by Gasteiger charge is -2.27. The molecular weight excluding hydrogens is 965 g/mol. The van der Waals surface area contributed by atoms with Gasteiger partial charge in [0.2, 0.25) is 0 Å². The zero-order valence-corrected chi connectivity index (χ0v) is 46.3. The van der Waals surface area contributed by atoms with E-state index in [2.05, 4.69) is 28.5 Å². The van der Waals surface area contributed by atoms with E-state index in [1.54, 1.807) is 40.4 Å². The Bertz CT molecular complexity index is 2450. The van der Waals surface area contributed by atoms with Crippen molar-refractivity contribution in [2.45, 2.75) is 98.7 Å². The van der Waals surface area contributed by atoms with E-state index >= 15 is 0 Å². The Kier molecular flexibility index (Phi) is 25.4. The van der Waals surface area contributed by atoms with Gasteiger partial charge >= 0.3 is 6.09 Å². The fraction of sp³-hybridized carbons (Fsp3) is 0.571. The van der Waals surface area contributed by atoms with Crippen LogP contribution in [0.2, 0.25) is 0 Å². The number of aryl methyl sites for hydroxylation is 1. The molecule has 19 heteroatoms. The molecule has 5 rings (SSSR count). The molecule has 0 saturated carbocycles. The molecule has 0 radical (unpaired) electrons. The number of methoxy groups -OCH3 is 5. The van der Waals surface area contributed by atoms with Crippen molar-refractivity contribution in [1.29, 1.82) is 0 Å². The molecule has 0 aliphatic rings. The molecule has 3 aromatic carbocycles. The summed E-state index contributed by atoms with van der Waals surface area (Å²) in [6.07, 6.45) is 2.03. The smallest absolute Gasteiger partial charge is 0.410 e. The number of carbonyl (C=O) groups is 1. The molecule has 2 heterocycles. The minimum Gasteiger partial charge on any atom is -0.497 e. The number of imidazole rings is 1. The molecule has 2 aromatic heterocycles. The Morgan fingerprint density at radius 3 is 1.81 bits per heavy atom. The van der Waals surface area contributed by atoms with Crippen LogP contribution in [0.1, 0.15) is 82.5 Å². The topological polar surface area (TPSA) is 178 Å². The summed E-state index contributed by atoms with van der Waals surface area (Å²) in [5, 5.41) is 9.67. The number of carbonyl (C=O) groups excluding carboxylic acids is 1. The van der Waals surface area contributed by atoms with Crippen molar-refractivity contribution in [2.24, 2.45) is 0 Å². The predicted octanol–water partition coefficient (Wildman–Crippen LogP) is 8.71. The lowest BCUT2D eigenvalue weighted by Crippen LogP contribution is -2.38. The van der Waals surface area contributed by atoms with Crippen molar-refractivity contribution in [3.05, 3.63) is 88.7 Å². The summed E-state index contributed by atoms with van der Waals surface area (Å²) >= 11 is 0. The lowest BCUT2D eigenvalue weighted by atomic mass is 10.1. The minimum absolute atomic E-state index is 0.182. The zero-order valence-electron chi connectivity index (χ0n) is 46.3. The van der Waals surface area contributed by atoms with Gasteiger partial charge in [0, 0.05) is 57.9 Å². The Morgan fingerprint density at radius 1 is 0.640 bits per heavy atom. The van der Waals surface area contributed by atoms with Crippen molar-refractivity contribution in [1.82, 2.24) is 24.6 Å². The van der Waals surface area contributed by atoms with Gasteiger partial charge in [0.25, 0.3) is 5.88 Å². The van der Waals surface area contributed by atoms with Gasteiger partial charge in [-0.15, -0.1) is 10.2 Å². The summed E-state index contributed by atoms with van der Waals surface area (Å²) in [5.41, 5.74) is 4.58.